The zero-order valence-corrected chi connectivity index (χ0v) is 20.3. The van der Waals surface area contributed by atoms with Gasteiger partial charge in [-0.05, 0) is 17.7 Å². The minimum Gasteiger partial charge on any atom is -0.383 e. The third-order valence-electron chi connectivity index (χ3n) is 5.61. The summed E-state index contributed by atoms with van der Waals surface area (Å²) in [6.07, 6.45) is 0. The van der Waals surface area contributed by atoms with Crippen LogP contribution in [0.15, 0.2) is 59.8 Å². The summed E-state index contributed by atoms with van der Waals surface area (Å²) in [5, 5.41) is 10.2. The summed E-state index contributed by atoms with van der Waals surface area (Å²) in [6, 6.07) is 17.9. The summed E-state index contributed by atoms with van der Waals surface area (Å²) < 4.78 is 7.30. The second kappa shape index (κ2) is 11.7. The van der Waals surface area contributed by atoms with Gasteiger partial charge in [0.15, 0.2) is 11.0 Å². The van der Waals surface area contributed by atoms with Gasteiger partial charge in [0.25, 0.3) is 0 Å². The fraction of sp³-hybridized carbons (Fsp3) is 0.375. The topological polar surface area (TPSA) is 63.5 Å². The van der Waals surface area contributed by atoms with E-state index in [1.807, 2.05) is 58.0 Å². The first-order chi connectivity index (χ1) is 16.1. The Labute approximate surface area is 203 Å². The fourth-order valence-corrected chi connectivity index (χ4v) is 4.93. The molecule has 3 aromatic rings. The van der Waals surface area contributed by atoms with Crippen LogP contribution >= 0.6 is 23.4 Å². The van der Waals surface area contributed by atoms with Crippen LogP contribution in [0.3, 0.4) is 0 Å². The van der Waals surface area contributed by atoms with Crippen LogP contribution in [0, 0.1) is 0 Å². The second-order valence-corrected chi connectivity index (χ2v) is 9.27. The number of methoxy groups -OCH3 is 1. The Morgan fingerprint density at radius 3 is 2.58 bits per heavy atom. The summed E-state index contributed by atoms with van der Waals surface area (Å²) >= 11 is 7.53. The first-order valence-electron chi connectivity index (χ1n) is 11.0. The largest absolute Gasteiger partial charge is 0.383 e. The molecule has 0 N–H and O–H groups in total. The molecule has 0 bridgehead atoms. The van der Waals surface area contributed by atoms with Crippen LogP contribution in [0.5, 0.6) is 0 Å². The maximum atomic E-state index is 12.9. The van der Waals surface area contributed by atoms with Gasteiger partial charge in [-0.2, -0.15) is 0 Å². The molecule has 0 aliphatic carbocycles. The van der Waals surface area contributed by atoms with Gasteiger partial charge in [-0.25, -0.2) is 0 Å². The SMILES string of the molecule is COCCn1c(SCC(=O)N2CCN(Cc3cccc(Cl)c3)CC2)nnc1-c1ccccc1. The van der Waals surface area contributed by atoms with E-state index >= 15 is 0 Å². The summed E-state index contributed by atoms with van der Waals surface area (Å²) in [5.41, 5.74) is 2.19. The first-order valence-corrected chi connectivity index (χ1v) is 12.4. The number of amides is 1. The highest BCUT2D eigenvalue weighted by Gasteiger charge is 2.22. The number of aromatic nitrogens is 3. The molecule has 1 amide bonds. The number of piperazine rings is 1. The number of hydrogen-bond acceptors (Lipinski definition) is 6. The van der Waals surface area contributed by atoms with Gasteiger partial charge in [-0.1, -0.05) is 65.8 Å². The number of benzene rings is 2. The van der Waals surface area contributed by atoms with Gasteiger partial charge < -0.3 is 9.64 Å². The maximum absolute atomic E-state index is 12.9. The molecule has 4 rings (SSSR count). The molecular formula is C24H28ClN5O2S. The highest BCUT2D eigenvalue weighted by molar-refractivity contribution is 7.99. The summed E-state index contributed by atoms with van der Waals surface area (Å²) in [7, 11) is 1.68. The van der Waals surface area contributed by atoms with Crippen molar-refractivity contribution in [1.29, 1.82) is 0 Å². The smallest absolute Gasteiger partial charge is 0.233 e. The Balaban J connectivity index is 1.32. The molecule has 0 unspecified atom stereocenters. The van der Waals surface area contributed by atoms with Crippen LogP contribution in [0.25, 0.3) is 11.4 Å². The van der Waals surface area contributed by atoms with Crippen molar-refractivity contribution >= 4 is 29.3 Å². The Hall–Kier alpha value is -2.39. The molecule has 0 radical (unpaired) electrons. The zero-order valence-electron chi connectivity index (χ0n) is 18.7. The van der Waals surface area contributed by atoms with E-state index in [1.54, 1.807) is 7.11 Å². The summed E-state index contributed by atoms with van der Waals surface area (Å²) in [5.74, 6) is 1.26. The molecule has 1 aliphatic rings. The van der Waals surface area contributed by atoms with Crippen LogP contribution in [0.4, 0.5) is 0 Å². The van der Waals surface area contributed by atoms with Crippen molar-refractivity contribution in [3.63, 3.8) is 0 Å². The van der Waals surface area contributed by atoms with E-state index in [9.17, 15) is 4.79 Å². The van der Waals surface area contributed by atoms with Crippen LogP contribution in [-0.2, 0) is 22.6 Å². The fourth-order valence-electron chi connectivity index (χ4n) is 3.85. The van der Waals surface area contributed by atoms with Gasteiger partial charge in [0, 0.05) is 50.4 Å². The van der Waals surface area contributed by atoms with Crippen LogP contribution < -0.4 is 0 Å². The first kappa shape index (κ1) is 23.8. The Morgan fingerprint density at radius 1 is 1.06 bits per heavy atom. The van der Waals surface area contributed by atoms with E-state index in [4.69, 9.17) is 16.3 Å². The van der Waals surface area contributed by atoms with Gasteiger partial charge in [-0.15, -0.1) is 10.2 Å². The van der Waals surface area contributed by atoms with Crippen molar-refractivity contribution in [2.45, 2.75) is 18.2 Å². The third-order valence-corrected chi connectivity index (χ3v) is 6.80. The molecule has 0 saturated carbocycles. The van der Waals surface area contributed by atoms with Crippen molar-refractivity contribution in [2.24, 2.45) is 0 Å². The van der Waals surface area contributed by atoms with Crippen molar-refractivity contribution < 1.29 is 9.53 Å². The molecule has 0 spiro atoms. The molecule has 1 aliphatic heterocycles. The Bertz CT molecular complexity index is 1050. The standard InChI is InChI=1S/C24H28ClN5O2S/c1-32-15-14-30-23(20-7-3-2-4-8-20)26-27-24(30)33-18-22(31)29-12-10-28(11-13-29)17-19-6-5-9-21(25)16-19/h2-9,16H,10-15,17-18H2,1H3. The number of hydrogen-bond donors (Lipinski definition) is 0. The minimum absolute atomic E-state index is 0.130. The molecule has 174 valence electrons. The highest BCUT2D eigenvalue weighted by atomic mass is 35.5. The van der Waals surface area contributed by atoms with E-state index in [1.165, 1.54) is 17.3 Å². The van der Waals surface area contributed by atoms with Gasteiger partial charge in [0.1, 0.15) is 0 Å². The zero-order chi connectivity index (χ0) is 23.0. The average Bonchev–Trinajstić information content (AvgIpc) is 3.25. The van der Waals surface area contributed by atoms with Crippen LogP contribution in [0.2, 0.25) is 5.02 Å². The normalized spacial score (nSPS) is 14.5. The average molecular weight is 486 g/mol. The molecule has 0 atom stereocenters. The molecule has 9 heteroatoms. The lowest BCUT2D eigenvalue weighted by Crippen LogP contribution is -2.48. The van der Waals surface area contributed by atoms with E-state index in [0.29, 0.717) is 18.9 Å². The number of halogens is 1. The molecule has 33 heavy (non-hydrogen) atoms. The molecule has 1 aromatic heterocycles. The van der Waals surface area contributed by atoms with Crippen molar-refractivity contribution in [2.75, 3.05) is 45.6 Å². The predicted octanol–water partition coefficient (Wildman–Crippen LogP) is 3.68. The van der Waals surface area contributed by atoms with Gasteiger partial charge >= 0.3 is 0 Å². The molecular weight excluding hydrogens is 458 g/mol. The van der Waals surface area contributed by atoms with Crippen molar-refractivity contribution in [3.8, 4) is 11.4 Å². The van der Waals surface area contributed by atoms with Crippen molar-refractivity contribution in [3.05, 3.63) is 65.2 Å². The van der Waals surface area contributed by atoms with Gasteiger partial charge in [0.2, 0.25) is 5.91 Å². The lowest BCUT2D eigenvalue weighted by atomic mass is 10.2. The second-order valence-electron chi connectivity index (χ2n) is 7.89. The molecule has 7 nitrogen and oxygen atoms in total. The highest BCUT2D eigenvalue weighted by Crippen LogP contribution is 2.24. The Kier molecular flexibility index (Phi) is 8.39. The number of rotatable bonds is 9. The lowest BCUT2D eigenvalue weighted by molar-refractivity contribution is -0.130. The van der Waals surface area contributed by atoms with Gasteiger partial charge in [-0.3, -0.25) is 14.3 Å². The minimum atomic E-state index is 0.130. The van der Waals surface area contributed by atoms with Gasteiger partial charge in [0.05, 0.1) is 18.9 Å². The van der Waals surface area contributed by atoms with Crippen molar-refractivity contribution in [1.82, 2.24) is 24.6 Å². The van der Waals surface area contributed by atoms with E-state index in [0.717, 1.165) is 54.3 Å². The molecule has 1 saturated heterocycles. The number of thioether (sulfide) groups is 1. The van der Waals surface area contributed by atoms with E-state index in [-0.39, 0.29) is 5.91 Å². The van der Waals surface area contributed by atoms with E-state index < -0.39 is 0 Å². The van der Waals surface area contributed by atoms with E-state index in [2.05, 4.69) is 21.2 Å². The summed E-state index contributed by atoms with van der Waals surface area (Å²) in [6.45, 7) is 5.19. The molecule has 1 fully saturated rings. The third kappa shape index (κ3) is 6.35. The lowest BCUT2D eigenvalue weighted by Gasteiger charge is -2.34. The molecule has 2 aromatic carbocycles. The maximum Gasteiger partial charge on any atom is 0.233 e. The number of carbonyl (C=O) groups is 1. The predicted molar refractivity (Wildman–Crippen MR) is 131 cm³/mol. The van der Waals surface area contributed by atoms with Crippen LogP contribution in [-0.4, -0.2) is 76.1 Å². The monoisotopic (exact) mass is 485 g/mol. The number of nitrogens with zero attached hydrogens (tertiary/aromatic N) is 5. The molecule has 2 heterocycles. The number of carbonyl (C=O) groups excluding carboxylic acids is 1. The Morgan fingerprint density at radius 2 is 1.85 bits per heavy atom. The quantitative estimate of drug-likeness (QED) is 0.431. The van der Waals surface area contributed by atoms with Crippen LogP contribution in [0.1, 0.15) is 5.56 Å². The number of ether oxygens (including phenoxy) is 1. The summed E-state index contributed by atoms with van der Waals surface area (Å²) in [4.78, 5) is 17.2.